The second kappa shape index (κ2) is 7.42. The summed E-state index contributed by atoms with van der Waals surface area (Å²) in [6.07, 6.45) is 2.31. The summed E-state index contributed by atoms with van der Waals surface area (Å²) in [6.45, 7) is 3.69. The molecule has 0 unspecified atom stereocenters. The van der Waals surface area contributed by atoms with Gasteiger partial charge in [-0.15, -0.1) is 0 Å². The molecule has 2 rings (SSSR count). The van der Waals surface area contributed by atoms with Crippen LogP contribution in [0.25, 0.3) is 11.1 Å². The molecule has 24 heavy (non-hydrogen) atoms. The van der Waals surface area contributed by atoms with Gasteiger partial charge >= 0.3 is 11.9 Å². The summed E-state index contributed by atoms with van der Waals surface area (Å²) in [5.74, 6) is -2.23. The van der Waals surface area contributed by atoms with Crippen molar-refractivity contribution < 1.29 is 19.8 Å². The van der Waals surface area contributed by atoms with Crippen molar-refractivity contribution in [2.45, 2.75) is 13.8 Å². The van der Waals surface area contributed by atoms with E-state index < -0.39 is 11.9 Å². The minimum Gasteiger partial charge on any atom is -0.478 e. The lowest BCUT2D eigenvalue weighted by Gasteiger charge is -2.14. The zero-order valence-electron chi connectivity index (χ0n) is 13.5. The van der Waals surface area contributed by atoms with Gasteiger partial charge in [-0.25, -0.2) is 9.59 Å². The Labute approximate surface area is 140 Å². The zero-order valence-corrected chi connectivity index (χ0v) is 13.5. The average Bonchev–Trinajstić information content (AvgIpc) is 2.53. The van der Waals surface area contributed by atoms with E-state index in [0.717, 1.165) is 17.2 Å². The maximum atomic E-state index is 12.0. The van der Waals surface area contributed by atoms with E-state index in [4.69, 9.17) is 5.11 Å². The summed E-state index contributed by atoms with van der Waals surface area (Å²) in [5, 5.41) is 18.8. The lowest BCUT2D eigenvalue weighted by molar-refractivity contribution is -0.132. The van der Waals surface area contributed by atoms with E-state index in [2.05, 4.69) is 0 Å². The highest BCUT2D eigenvalue weighted by molar-refractivity contribution is 6.26. The standard InChI is InChI=1S/C20H18O4/c1-13-7-3-5-9-15(13)17(11-12-18(21)22)19(20(23)24)16-10-6-4-8-14(16)2/h3-12H,1-2H3,(H,21,22)(H,23,24)/b12-11+,19-17-. The Kier molecular flexibility index (Phi) is 5.32. The fourth-order valence-electron chi connectivity index (χ4n) is 2.57. The molecule has 0 radical (unpaired) electrons. The molecule has 0 amide bonds. The number of rotatable bonds is 5. The Bertz CT molecular complexity index is 844. The van der Waals surface area contributed by atoms with E-state index in [1.807, 2.05) is 38.1 Å². The van der Waals surface area contributed by atoms with Crippen LogP contribution in [-0.4, -0.2) is 22.2 Å². The summed E-state index contributed by atoms with van der Waals surface area (Å²) >= 11 is 0. The summed E-state index contributed by atoms with van der Waals surface area (Å²) < 4.78 is 0. The fourth-order valence-corrected chi connectivity index (χ4v) is 2.57. The van der Waals surface area contributed by atoms with Crippen molar-refractivity contribution in [2.24, 2.45) is 0 Å². The molecule has 4 heteroatoms. The maximum absolute atomic E-state index is 12.0. The van der Waals surface area contributed by atoms with Crippen molar-refractivity contribution in [1.29, 1.82) is 0 Å². The second-order valence-electron chi connectivity index (χ2n) is 5.40. The number of hydrogen-bond donors (Lipinski definition) is 2. The first-order chi connectivity index (χ1) is 11.4. The third-order valence-corrected chi connectivity index (χ3v) is 3.73. The molecule has 0 aliphatic carbocycles. The van der Waals surface area contributed by atoms with Crippen LogP contribution in [0.5, 0.6) is 0 Å². The van der Waals surface area contributed by atoms with Crippen LogP contribution in [-0.2, 0) is 9.59 Å². The minimum absolute atomic E-state index is 0.0832. The Morgan fingerprint density at radius 3 is 1.75 bits per heavy atom. The van der Waals surface area contributed by atoms with Crippen molar-refractivity contribution >= 4 is 23.1 Å². The number of carbonyl (C=O) groups is 2. The Morgan fingerprint density at radius 2 is 1.29 bits per heavy atom. The Balaban J connectivity index is 2.85. The molecule has 0 saturated heterocycles. The summed E-state index contributed by atoms with van der Waals surface area (Å²) in [7, 11) is 0. The molecule has 2 aromatic rings. The molecular weight excluding hydrogens is 304 g/mol. The van der Waals surface area contributed by atoms with Crippen LogP contribution in [0.1, 0.15) is 22.3 Å². The van der Waals surface area contributed by atoms with Crippen LogP contribution in [0.4, 0.5) is 0 Å². The number of aryl methyl sites for hydroxylation is 2. The van der Waals surface area contributed by atoms with Crippen molar-refractivity contribution in [1.82, 2.24) is 0 Å². The molecule has 122 valence electrons. The van der Waals surface area contributed by atoms with Gasteiger partial charge in [-0.1, -0.05) is 48.5 Å². The number of allylic oxidation sites excluding steroid dienone is 2. The normalized spacial score (nSPS) is 12.1. The summed E-state index contributed by atoms with van der Waals surface area (Å²) in [5.41, 5.74) is 3.39. The predicted molar refractivity (Wildman–Crippen MR) is 93.6 cm³/mol. The highest BCUT2D eigenvalue weighted by Crippen LogP contribution is 2.31. The van der Waals surface area contributed by atoms with Gasteiger partial charge in [0.2, 0.25) is 0 Å². The lowest BCUT2D eigenvalue weighted by atomic mass is 9.90. The molecule has 4 nitrogen and oxygen atoms in total. The molecule has 0 atom stereocenters. The van der Waals surface area contributed by atoms with Gasteiger partial charge in [0.25, 0.3) is 0 Å². The van der Waals surface area contributed by atoms with Crippen molar-refractivity contribution in [2.75, 3.05) is 0 Å². The molecule has 0 spiro atoms. The first-order valence-corrected chi connectivity index (χ1v) is 7.42. The van der Waals surface area contributed by atoms with Crippen molar-refractivity contribution in [3.63, 3.8) is 0 Å². The minimum atomic E-state index is -1.13. The Morgan fingerprint density at radius 1 is 0.792 bits per heavy atom. The number of carboxylic acids is 2. The molecule has 0 saturated carbocycles. The van der Waals surface area contributed by atoms with E-state index in [1.165, 1.54) is 6.08 Å². The van der Waals surface area contributed by atoms with Gasteiger partial charge < -0.3 is 10.2 Å². The zero-order chi connectivity index (χ0) is 17.7. The van der Waals surface area contributed by atoms with Gasteiger partial charge in [0.15, 0.2) is 0 Å². The number of aliphatic carboxylic acids is 2. The fraction of sp³-hybridized carbons (Fsp3) is 0.100. The molecule has 0 aliphatic heterocycles. The van der Waals surface area contributed by atoms with Gasteiger partial charge in [0, 0.05) is 6.08 Å². The van der Waals surface area contributed by atoms with E-state index >= 15 is 0 Å². The molecule has 2 N–H and O–H groups in total. The van der Waals surface area contributed by atoms with Crippen LogP contribution >= 0.6 is 0 Å². The van der Waals surface area contributed by atoms with Crippen LogP contribution in [0.2, 0.25) is 0 Å². The van der Waals surface area contributed by atoms with E-state index in [1.54, 1.807) is 24.3 Å². The smallest absolute Gasteiger partial charge is 0.336 e. The highest BCUT2D eigenvalue weighted by Gasteiger charge is 2.19. The van der Waals surface area contributed by atoms with Crippen LogP contribution < -0.4 is 0 Å². The summed E-state index contributed by atoms with van der Waals surface area (Å²) in [6, 6.07) is 14.5. The first-order valence-electron chi connectivity index (χ1n) is 7.42. The van der Waals surface area contributed by atoms with Crippen molar-refractivity contribution in [3.05, 3.63) is 82.9 Å². The van der Waals surface area contributed by atoms with Crippen molar-refractivity contribution in [3.8, 4) is 0 Å². The highest BCUT2D eigenvalue weighted by atomic mass is 16.4. The molecule has 2 aromatic carbocycles. The molecule has 0 bridgehead atoms. The Hall–Kier alpha value is -3.14. The predicted octanol–water partition coefficient (Wildman–Crippen LogP) is 3.94. The van der Waals surface area contributed by atoms with Gasteiger partial charge in [-0.05, 0) is 47.8 Å². The second-order valence-corrected chi connectivity index (χ2v) is 5.40. The van der Waals surface area contributed by atoms with E-state index in [0.29, 0.717) is 16.7 Å². The molecule has 0 heterocycles. The molecule has 0 aliphatic rings. The summed E-state index contributed by atoms with van der Waals surface area (Å²) in [4.78, 5) is 22.9. The van der Waals surface area contributed by atoms with Gasteiger partial charge in [-0.3, -0.25) is 0 Å². The van der Waals surface area contributed by atoms with Gasteiger partial charge in [0.1, 0.15) is 0 Å². The van der Waals surface area contributed by atoms with E-state index in [-0.39, 0.29) is 5.57 Å². The third kappa shape index (κ3) is 3.79. The van der Waals surface area contributed by atoms with E-state index in [9.17, 15) is 14.7 Å². The molecular formula is C20H18O4. The number of carboxylic acid groups (broad SMARTS) is 2. The van der Waals surface area contributed by atoms with Crippen LogP contribution in [0.15, 0.2) is 60.7 Å². The third-order valence-electron chi connectivity index (χ3n) is 3.73. The SMILES string of the molecule is Cc1ccccc1C(/C=C/C(=O)O)=C(\C(=O)O)c1ccccc1C. The largest absolute Gasteiger partial charge is 0.478 e. The molecule has 0 aromatic heterocycles. The van der Waals surface area contributed by atoms with Gasteiger partial charge in [0.05, 0.1) is 5.57 Å². The molecule has 0 fully saturated rings. The quantitative estimate of drug-likeness (QED) is 0.497. The number of hydrogen-bond acceptors (Lipinski definition) is 2. The average molecular weight is 322 g/mol. The maximum Gasteiger partial charge on any atom is 0.336 e. The van der Waals surface area contributed by atoms with Gasteiger partial charge in [-0.2, -0.15) is 0 Å². The first kappa shape index (κ1) is 17.2. The topological polar surface area (TPSA) is 74.6 Å². The lowest BCUT2D eigenvalue weighted by Crippen LogP contribution is -2.05. The monoisotopic (exact) mass is 322 g/mol. The van der Waals surface area contributed by atoms with Crippen LogP contribution in [0, 0.1) is 13.8 Å². The number of benzene rings is 2. The van der Waals surface area contributed by atoms with Crippen LogP contribution in [0.3, 0.4) is 0 Å².